The Labute approximate surface area is 155 Å². The second kappa shape index (κ2) is 6.88. The van der Waals surface area contributed by atoms with Gasteiger partial charge in [0.05, 0.1) is 28.1 Å². The lowest BCUT2D eigenvalue weighted by Gasteiger charge is -2.12. The summed E-state index contributed by atoms with van der Waals surface area (Å²) in [6, 6.07) is 22.2. The molecule has 1 amide bonds. The van der Waals surface area contributed by atoms with Gasteiger partial charge in [0, 0.05) is 10.9 Å². The Hall–Kier alpha value is -3.73. The molecule has 27 heavy (non-hydrogen) atoms. The molecule has 0 aliphatic heterocycles. The summed E-state index contributed by atoms with van der Waals surface area (Å²) in [6.07, 6.45) is 0. The van der Waals surface area contributed by atoms with E-state index in [-0.39, 0.29) is 11.7 Å². The number of amides is 1. The minimum absolute atomic E-state index is 0.283. The smallest absolute Gasteiger partial charge is 0.256 e. The maximum atomic E-state index is 13.2. The minimum atomic E-state index is -0.322. The Morgan fingerprint density at radius 2 is 1.63 bits per heavy atom. The van der Waals surface area contributed by atoms with Crippen molar-refractivity contribution in [1.29, 1.82) is 0 Å². The van der Waals surface area contributed by atoms with Crippen LogP contribution in [0.2, 0.25) is 0 Å². The summed E-state index contributed by atoms with van der Waals surface area (Å²) in [5, 5.41) is 3.59. The van der Waals surface area contributed by atoms with Crippen LogP contribution in [-0.2, 0) is 0 Å². The second-order valence-corrected chi connectivity index (χ2v) is 6.12. The van der Waals surface area contributed by atoms with Crippen LogP contribution in [0.4, 0.5) is 15.8 Å². The highest BCUT2D eigenvalue weighted by Gasteiger charge is 2.15. The van der Waals surface area contributed by atoms with Gasteiger partial charge in [0.1, 0.15) is 5.82 Å². The molecule has 4 nitrogen and oxygen atoms in total. The lowest BCUT2D eigenvalue weighted by molar-refractivity contribution is 0.102. The number of rotatable bonds is 3. The number of carbonyl (C=O) groups excluding carboxylic acids is 1. The van der Waals surface area contributed by atoms with Crippen molar-refractivity contribution in [2.24, 2.45) is 0 Å². The highest BCUT2D eigenvalue weighted by atomic mass is 19.1. The first-order chi connectivity index (χ1) is 13.1. The topological polar surface area (TPSA) is 68.0 Å². The number of carbonyl (C=O) groups is 1. The number of nitrogens with zero attached hydrogens (tertiary/aromatic N) is 1. The molecule has 0 aliphatic carbocycles. The Bertz CT molecular complexity index is 1140. The van der Waals surface area contributed by atoms with E-state index in [9.17, 15) is 9.18 Å². The van der Waals surface area contributed by atoms with Crippen LogP contribution in [0.5, 0.6) is 0 Å². The van der Waals surface area contributed by atoms with E-state index < -0.39 is 0 Å². The molecule has 0 saturated heterocycles. The minimum Gasteiger partial charge on any atom is -0.397 e. The molecule has 1 heterocycles. The first-order valence-corrected chi connectivity index (χ1v) is 8.43. The van der Waals surface area contributed by atoms with E-state index in [0.29, 0.717) is 28.1 Å². The normalized spacial score (nSPS) is 10.7. The second-order valence-electron chi connectivity index (χ2n) is 6.12. The predicted molar refractivity (Wildman–Crippen MR) is 106 cm³/mol. The molecule has 4 aromatic rings. The van der Waals surface area contributed by atoms with Crippen LogP contribution < -0.4 is 11.1 Å². The fraction of sp³-hybridized carbons (Fsp3) is 0. The summed E-state index contributed by atoms with van der Waals surface area (Å²) >= 11 is 0. The number of halogens is 1. The summed E-state index contributed by atoms with van der Waals surface area (Å²) in [5.41, 5.74) is 9.46. The summed E-state index contributed by atoms with van der Waals surface area (Å²) < 4.78 is 13.2. The zero-order chi connectivity index (χ0) is 18.8. The molecule has 0 fully saturated rings. The van der Waals surface area contributed by atoms with Crippen LogP contribution >= 0.6 is 0 Å². The third kappa shape index (κ3) is 3.35. The van der Waals surface area contributed by atoms with E-state index in [1.165, 1.54) is 12.1 Å². The maximum absolute atomic E-state index is 13.2. The van der Waals surface area contributed by atoms with Gasteiger partial charge in [0.15, 0.2) is 0 Å². The molecule has 0 radical (unpaired) electrons. The molecule has 1 aromatic heterocycles. The average Bonchev–Trinajstić information content (AvgIpc) is 2.69. The molecule has 4 rings (SSSR count). The van der Waals surface area contributed by atoms with Crippen molar-refractivity contribution < 1.29 is 9.18 Å². The SMILES string of the molecule is Nc1ccccc1NC(=O)c1cc(-c2ccc(F)cc2)nc2ccccc12. The number of para-hydroxylation sites is 3. The van der Waals surface area contributed by atoms with E-state index in [0.717, 1.165) is 10.9 Å². The highest BCUT2D eigenvalue weighted by Crippen LogP contribution is 2.26. The Balaban J connectivity index is 1.82. The fourth-order valence-corrected chi connectivity index (χ4v) is 2.93. The van der Waals surface area contributed by atoms with Crippen molar-refractivity contribution in [3.8, 4) is 11.3 Å². The third-order valence-electron chi connectivity index (χ3n) is 4.31. The number of anilines is 2. The maximum Gasteiger partial charge on any atom is 0.256 e. The van der Waals surface area contributed by atoms with Gasteiger partial charge in [-0.2, -0.15) is 0 Å². The van der Waals surface area contributed by atoms with Gasteiger partial charge < -0.3 is 11.1 Å². The van der Waals surface area contributed by atoms with Gasteiger partial charge in [0.2, 0.25) is 0 Å². The highest BCUT2D eigenvalue weighted by molar-refractivity contribution is 6.13. The molecule has 132 valence electrons. The van der Waals surface area contributed by atoms with Crippen LogP contribution in [-0.4, -0.2) is 10.9 Å². The lowest BCUT2D eigenvalue weighted by atomic mass is 10.0. The number of hydrogen-bond acceptors (Lipinski definition) is 3. The Kier molecular flexibility index (Phi) is 4.26. The molecule has 0 spiro atoms. The number of nitrogens with two attached hydrogens (primary N) is 1. The van der Waals surface area contributed by atoms with E-state index in [1.54, 1.807) is 42.5 Å². The van der Waals surface area contributed by atoms with Crippen LogP contribution in [0, 0.1) is 5.82 Å². The summed E-state index contributed by atoms with van der Waals surface area (Å²) in [4.78, 5) is 17.6. The lowest BCUT2D eigenvalue weighted by Crippen LogP contribution is -2.14. The Morgan fingerprint density at radius 1 is 0.926 bits per heavy atom. The molecular formula is C22H16FN3O. The summed E-state index contributed by atoms with van der Waals surface area (Å²) in [5.74, 6) is -0.605. The van der Waals surface area contributed by atoms with E-state index in [2.05, 4.69) is 10.3 Å². The van der Waals surface area contributed by atoms with Gasteiger partial charge >= 0.3 is 0 Å². The van der Waals surface area contributed by atoms with Crippen LogP contribution in [0.15, 0.2) is 78.9 Å². The summed E-state index contributed by atoms with van der Waals surface area (Å²) in [6.45, 7) is 0. The first kappa shape index (κ1) is 16.7. The van der Waals surface area contributed by atoms with Crippen molar-refractivity contribution in [3.05, 3.63) is 90.2 Å². The number of hydrogen-bond donors (Lipinski definition) is 2. The first-order valence-electron chi connectivity index (χ1n) is 8.43. The zero-order valence-corrected chi connectivity index (χ0v) is 14.3. The largest absolute Gasteiger partial charge is 0.397 e. The van der Waals surface area contributed by atoms with Gasteiger partial charge in [-0.1, -0.05) is 30.3 Å². The Morgan fingerprint density at radius 3 is 2.41 bits per heavy atom. The summed E-state index contributed by atoms with van der Waals surface area (Å²) in [7, 11) is 0. The van der Waals surface area contributed by atoms with Crippen molar-refractivity contribution in [2.45, 2.75) is 0 Å². The number of fused-ring (bicyclic) bond motifs is 1. The number of aromatic nitrogens is 1. The van der Waals surface area contributed by atoms with Crippen molar-refractivity contribution in [2.75, 3.05) is 11.1 Å². The standard InChI is InChI=1S/C22H16FN3O/c23-15-11-9-14(10-12-15)21-13-17(16-5-1-3-7-19(16)25-21)22(27)26-20-8-4-2-6-18(20)24/h1-13H,24H2,(H,26,27). The van der Waals surface area contributed by atoms with E-state index in [1.807, 2.05) is 24.3 Å². The van der Waals surface area contributed by atoms with Crippen molar-refractivity contribution >= 4 is 28.2 Å². The molecule has 0 atom stereocenters. The van der Waals surface area contributed by atoms with Crippen LogP contribution in [0.1, 0.15) is 10.4 Å². The molecule has 3 N–H and O–H groups in total. The van der Waals surface area contributed by atoms with Crippen LogP contribution in [0.3, 0.4) is 0 Å². The molecule has 0 aliphatic rings. The van der Waals surface area contributed by atoms with Gasteiger partial charge in [-0.05, 0) is 48.5 Å². The monoisotopic (exact) mass is 357 g/mol. The fourth-order valence-electron chi connectivity index (χ4n) is 2.93. The number of nitrogen functional groups attached to an aromatic ring is 1. The molecule has 5 heteroatoms. The molecule has 0 bridgehead atoms. The van der Waals surface area contributed by atoms with Gasteiger partial charge in [0.25, 0.3) is 5.91 Å². The van der Waals surface area contributed by atoms with Gasteiger partial charge in [-0.25, -0.2) is 9.37 Å². The zero-order valence-electron chi connectivity index (χ0n) is 14.3. The quantitative estimate of drug-likeness (QED) is 0.514. The number of pyridine rings is 1. The van der Waals surface area contributed by atoms with Gasteiger partial charge in [-0.15, -0.1) is 0 Å². The van der Waals surface area contributed by atoms with Crippen LogP contribution in [0.25, 0.3) is 22.2 Å². The average molecular weight is 357 g/mol. The van der Waals surface area contributed by atoms with Gasteiger partial charge in [-0.3, -0.25) is 4.79 Å². The van der Waals surface area contributed by atoms with Crippen molar-refractivity contribution in [1.82, 2.24) is 4.98 Å². The molecule has 3 aromatic carbocycles. The number of nitrogens with one attached hydrogen (secondary N) is 1. The third-order valence-corrected chi connectivity index (χ3v) is 4.31. The molecular weight excluding hydrogens is 341 g/mol. The predicted octanol–water partition coefficient (Wildman–Crippen LogP) is 4.88. The molecule has 0 unspecified atom stereocenters. The van der Waals surface area contributed by atoms with E-state index >= 15 is 0 Å². The van der Waals surface area contributed by atoms with Crippen molar-refractivity contribution in [3.63, 3.8) is 0 Å². The van der Waals surface area contributed by atoms with E-state index in [4.69, 9.17) is 5.73 Å². The molecule has 0 saturated carbocycles. The number of benzene rings is 3.